The topological polar surface area (TPSA) is 123 Å². The quantitative estimate of drug-likeness (QED) is 0.560. The third-order valence-corrected chi connectivity index (χ3v) is 3.78. The van der Waals surface area contributed by atoms with Crippen LogP contribution in [0.15, 0.2) is 0 Å². The maximum absolute atomic E-state index is 11.7. The second kappa shape index (κ2) is 8.58. The summed E-state index contributed by atoms with van der Waals surface area (Å²) in [6.07, 6.45) is -6.58. The number of aliphatic hydroxyl groups excluding tert-OH is 3. The van der Waals surface area contributed by atoms with Gasteiger partial charge < -0.3 is 29.5 Å². The summed E-state index contributed by atoms with van der Waals surface area (Å²) in [5.74, 6) is -1.83. The van der Waals surface area contributed by atoms with Gasteiger partial charge in [-0.1, -0.05) is 27.7 Å². The van der Waals surface area contributed by atoms with Gasteiger partial charge in [0.15, 0.2) is 0 Å². The van der Waals surface area contributed by atoms with E-state index in [-0.39, 0.29) is 12.5 Å². The molecule has 8 heteroatoms. The van der Waals surface area contributed by atoms with Crippen LogP contribution < -0.4 is 0 Å². The molecule has 1 rings (SSSR count). The Morgan fingerprint density at radius 1 is 1.04 bits per heavy atom. The molecule has 6 atom stereocenters. The monoisotopic (exact) mass is 334 g/mol. The first-order chi connectivity index (χ1) is 10.7. The fraction of sp³-hybridized carbons (Fsp3) is 0.867. The van der Waals surface area contributed by atoms with Crippen molar-refractivity contribution in [2.75, 3.05) is 6.61 Å². The molecule has 0 radical (unpaired) electrons. The van der Waals surface area contributed by atoms with Gasteiger partial charge in [0.2, 0.25) is 6.29 Å². The van der Waals surface area contributed by atoms with Crippen molar-refractivity contribution in [2.24, 2.45) is 11.8 Å². The van der Waals surface area contributed by atoms with Gasteiger partial charge in [-0.25, -0.2) is 0 Å². The van der Waals surface area contributed by atoms with Crippen LogP contribution in [-0.4, -0.2) is 64.6 Å². The first kappa shape index (κ1) is 19.8. The maximum atomic E-state index is 11.7. The summed E-state index contributed by atoms with van der Waals surface area (Å²) in [6.45, 7) is 6.43. The number of hydrogen-bond acceptors (Lipinski definition) is 8. The molecule has 1 heterocycles. The summed E-state index contributed by atoms with van der Waals surface area (Å²) in [6, 6.07) is 0. The molecule has 0 amide bonds. The van der Waals surface area contributed by atoms with E-state index >= 15 is 0 Å². The van der Waals surface area contributed by atoms with E-state index in [0.717, 1.165) is 0 Å². The number of hydrogen-bond donors (Lipinski definition) is 3. The Labute approximate surface area is 135 Å². The Hall–Kier alpha value is -1.22. The van der Waals surface area contributed by atoms with E-state index < -0.39 is 48.6 Å². The first-order valence-electron chi connectivity index (χ1n) is 7.75. The van der Waals surface area contributed by atoms with E-state index in [1.54, 1.807) is 20.8 Å². The van der Waals surface area contributed by atoms with E-state index in [0.29, 0.717) is 6.42 Å². The number of carbonyl (C=O) groups is 2. The predicted molar refractivity (Wildman–Crippen MR) is 78.0 cm³/mol. The highest BCUT2D eigenvalue weighted by molar-refractivity contribution is 5.72. The standard InChI is InChI=1S/C15H26O8/c1-5-8(4)14(20)21-6-9-10(16)11(17)12(18)15(22-9)23-13(19)7(2)3/h7-12,15-18H,5-6H2,1-4H3. The van der Waals surface area contributed by atoms with Crippen LogP contribution in [0, 0.1) is 11.8 Å². The van der Waals surface area contributed by atoms with E-state index in [2.05, 4.69) is 0 Å². The van der Waals surface area contributed by atoms with Crippen molar-refractivity contribution >= 4 is 11.9 Å². The number of aliphatic hydroxyl groups is 3. The zero-order chi connectivity index (χ0) is 17.7. The van der Waals surface area contributed by atoms with Crippen molar-refractivity contribution in [2.45, 2.75) is 64.8 Å². The maximum Gasteiger partial charge on any atom is 0.310 e. The number of rotatable bonds is 6. The van der Waals surface area contributed by atoms with Gasteiger partial charge in [0, 0.05) is 0 Å². The van der Waals surface area contributed by atoms with Crippen LogP contribution in [-0.2, 0) is 23.8 Å². The molecule has 8 nitrogen and oxygen atoms in total. The van der Waals surface area contributed by atoms with Crippen LogP contribution in [0.2, 0.25) is 0 Å². The largest absolute Gasteiger partial charge is 0.463 e. The molecular formula is C15H26O8. The lowest BCUT2D eigenvalue weighted by Gasteiger charge is -2.39. The second-order valence-corrected chi connectivity index (χ2v) is 6.05. The Morgan fingerprint density at radius 2 is 1.65 bits per heavy atom. The average molecular weight is 334 g/mol. The molecule has 3 N–H and O–H groups in total. The summed E-state index contributed by atoms with van der Waals surface area (Å²) in [5.41, 5.74) is 0. The SMILES string of the molecule is CCC(C)C(=O)OCC1OC(OC(=O)C(C)C)C(O)C(O)C1O. The molecule has 23 heavy (non-hydrogen) atoms. The molecule has 1 fully saturated rings. The number of esters is 2. The van der Waals surface area contributed by atoms with Crippen molar-refractivity contribution in [1.82, 2.24) is 0 Å². The second-order valence-electron chi connectivity index (χ2n) is 6.05. The fourth-order valence-electron chi connectivity index (χ4n) is 1.88. The van der Waals surface area contributed by atoms with Gasteiger partial charge in [-0.15, -0.1) is 0 Å². The summed E-state index contributed by atoms with van der Waals surface area (Å²) in [4.78, 5) is 23.3. The Bertz CT molecular complexity index is 410. The van der Waals surface area contributed by atoms with Gasteiger partial charge in [-0.3, -0.25) is 9.59 Å². The van der Waals surface area contributed by atoms with E-state index in [1.807, 2.05) is 6.92 Å². The number of carbonyl (C=O) groups excluding carboxylic acids is 2. The summed E-state index contributed by atoms with van der Waals surface area (Å²) in [5, 5.41) is 29.6. The van der Waals surface area contributed by atoms with Crippen molar-refractivity contribution < 1.29 is 39.1 Å². The third-order valence-electron chi connectivity index (χ3n) is 3.78. The molecule has 0 saturated carbocycles. The lowest BCUT2D eigenvalue weighted by molar-refractivity contribution is -0.294. The van der Waals surface area contributed by atoms with Crippen molar-refractivity contribution in [3.8, 4) is 0 Å². The van der Waals surface area contributed by atoms with Crippen LogP contribution >= 0.6 is 0 Å². The van der Waals surface area contributed by atoms with E-state index in [9.17, 15) is 24.9 Å². The highest BCUT2D eigenvalue weighted by atomic mass is 16.7. The van der Waals surface area contributed by atoms with E-state index in [1.165, 1.54) is 0 Å². The van der Waals surface area contributed by atoms with Gasteiger partial charge >= 0.3 is 11.9 Å². The highest BCUT2D eigenvalue weighted by Crippen LogP contribution is 2.23. The summed E-state index contributed by atoms with van der Waals surface area (Å²) in [7, 11) is 0. The van der Waals surface area contributed by atoms with Crippen molar-refractivity contribution in [1.29, 1.82) is 0 Å². The van der Waals surface area contributed by atoms with Crippen LogP contribution in [0.5, 0.6) is 0 Å². The smallest absolute Gasteiger partial charge is 0.310 e. The normalized spacial score (nSPS) is 32.4. The molecule has 1 aliphatic heterocycles. The molecule has 134 valence electrons. The van der Waals surface area contributed by atoms with Crippen molar-refractivity contribution in [3.63, 3.8) is 0 Å². The molecule has 1 saturated heterocycles. The zero-order valence-corrected chi connectivity index (χ0v) is 13.8. The molecule has 1 aliphatic rings. The predicted octanol–water partition coefficient (Wildman–Crippen LogP) is -0.417. The molecule has 0 bridgehead atoms. The summed E-state index contributed by atoms with van der Waals surface area (Å²) < 4.78 is 15.3. The van der Waals surface area contributed by atoms with Crippen molar-refractivity contribution in [3.05, 3.63) is 0 Å². The van der Waals surface area contributed by atoms with E-state index in [4.69, 9.17) is 14.2 Å². The molecular weight excluding hydrogens is 308 g/mol. The minimum Gasteiger partial charge on any atom is -0.463 e. The molecule has 0 aromatic carbocycles. The van der Waals surface area contributed by atoms with Crippen LogP contribution in [0.3, 0.4) is 0 Å². The lowest BCUT2D eigenvalue weighted by Crippen LogP contribution is -2.60. The first-order valence-corrected chi connectivity index (χ1v) is 7.75. The fourth-order valence-corrected chi connectivity index (χ4v) is 1.88. The van der Waals surface area contributed by atoms with Crippen LogP contribution in [0.4, 0.5) is 0 Å². The van der Waals surface area contributed by atoms with Gasteiger partial charge in [0.1, 0.15) is 31.0 Å². The van der Waals surface area contributed by atoms with Crippen LogP contribution in [0.25, 0.3) is 0 Å². The Morgan fingerprint density at radius 3 is 2.17 bits per heavy atom. The lowest BCUT2D eigenvalue weighted by atomic mass is 9.99. The molecule has 0 spiro atoms. The highest BCUT2D eigenvalue weighted by Gasteiger charge is 2.46. The molecule has 0 aromatic heterocycles. The van der Waals surface area contributed by atoms with Gasteiger partial charge in [0.05, 0.1) is 11.8 Å². The molecule has 6 unspecified atom stereocenters. The minimum atomic E-state index is -1.59. The molecule has 0 aliphatic carbocycles. The molecule has 0 aromatic rings. The van der Waals surface area contributed by atoms with Crippen LogP contribution in [0.1, 0.15) is 34.1 Å². The Kier molecular flexibility index (Phi) is 7.40. The minimum absolute atomic E-state index is 0.305. The average Bonchev–Trinajstić information content (AvgIpc) is 2.52. The zero-order valence-electron chi connectivity index (χ0n) is 13.8. The Balaban J connectivity index is 2.68. The van der Waals surface area contributed by atoms with Gasteiger partial charge in [0.25, 0.3) is 0 Å². The summed E-state index contributed by atoms with van der Waals surface area (Å²) >= 11 is 0. The number of ether oxygens (including phenoxy) is 3. The van der Waals surface area contributed by atoms with Gasteiger partial charge in [-0.05, 0) is 6.42 Å². The van der Waals surface area contributed by atoms with Gasteiger partial charge in [-0.2, -0.15) is 0 Å². The third kappa shape index (κ3) is 5.13.